The molecule has 0 fully saturated rings. The number of fused-ring (bicyclic) bond motifs is 1. The second-order valence-corrected chi connectivity index (χ2v) is 2.97. The number of hydrogen-bond donors (Lipinski definition) is 1. The standard InChI is InChI=1S/C7H6N2S.H2O/c8-5-1-2-7-6(3-5)9-4-10-7;/h1-4H,8H2;1H2. The monoisotopic (exact) mass is 168 g/mol. The number of nitrogens with zero attached hydrogens (tertiary/aromatic N) is 1. The number of benzene rings is 1. The lowest BCUT2D eigenvalue weighted by atomic mass is 10.3. The predicted molar refractivity (Wildman–Crippen MR) is 47.6 cm³/mol. The normalized spacial score (nSPS) is 9.45. The van der Waals surface area contributed by atoms with Gasteiger partial charge in [0.2, 0.25) is 0 Å². The summed E-state index contributed by atoms with van der Waals surface area (Å²) in [5, 5.41) is 0. The Morgan fingerprint density at radius 1 is 1.36 bits per heavy atom. The average Bonchev–Trinajstić information content (AvgIpc) is 2.33. The summed E-state index contributed by atoms with van der Waals surface area (Å²) in [4.78, 5) is 4.12. The van der Waals surface area contributed by atoms with E-state index in [0.717, 1.165) is 11.2 Å². The van der Waals surface area contributed by atoms with E-state index in [2.05, 4.69) is 4.98 Å². The highest BCUT2D eigenvalue weighted by molar-refractivity contribution is 7.16. The summed E-state index contributed by atoms with van der Waals surface area (Å²) in [6.07, 6.45) is 0. The predicted octanol–water partition coefficient (Wildman–Crippen LogP) is 1.05. The molecule has 1 aromatic carbocycles. The molecular formula is C7H8N2OS. The van der Waals surface area contributed by atoms with Crippen LogP contribution in [-0.2, 0) is 0 Å². The van der Waals surface area contributed by atoms with Gasteiger partial charge >= 0.3 is 0 Å². The molecule has 0 atom stereocenters. The number of aromatic nitrogens is 1. The zero-order valence-electron chi connectivity index (χ0n) is 5.74. The van der Waals surface area contributed by atoms with Gasteiger partial charge in [0.25, 0.3) is 0 Å². The highest BCUT2D eigenvalue weighted by Gasteiger charge is 1.93. The van der Waals surface area contributed by atoms with Crippen molar-refractivity contribution in [3.63, 3.8) is 0 Å². The van der Waals surface area contributed by atoms with Crippen LogP contribution in [0, 0.1) is 0 Å². The molecule has 1 heterocycles. The first-order valence-electron chi connectivity index (χ1n) is 2.95. The van der Waals surface area contributed by atoms with Gasteiger partial charge in [-0.1, -0.05) is 0 Å². The molecule has 0 bridgehead atoms. The minimum Gasteiger partial charge on any atom is -0.412 e. The maximum atomic E-state index is 5.55. The number of anilines is 1. The summed E-state index contributed by atoms with van der Waals surface area (Å²) in [6, 6.07) is 5.76. The van der Waals surface area contributed by atoms with Crippen molar-refractivity contribution in [2.24, 2.45) is 0 Å². The molecule has 0 radical (unpaired) electrons. The van der Waals surface area contributed by atoms with Gasteiger partial charge in [-0.05, 0) is 18.2 Å². The van der Waals surface area contributed by atoms with Gasteiger partial charge in [-0.2, -0.15) is 0 Å². The molecule has 0 saturated carbocycles. The van der Waals surface area contributed by atoms with Crippen LogP contribution in [0.2, 0.25) is 0 Å². The van der Waals surface area contributed by atoms with Crippen molar-refractivity contribution in [3.8, 4) is 0 Å². The number of rotatable bonds is 0. The van der Waals surface area contributed by atoms with Gasteiger partial charge in [-0.15, -0.1) is 11.3 Å². The minimum absolute atomic E-state index is 0. The number of hydrogen-bond acceptors (Lipinski definition) is 3. The summed E-state index contributed by atoms with van der Waals surface area (Å²) < 4.78 is 1.19. The molecule has 0 unspecified atom stereocenters. The Labute approximate surface area is 67.8 Å². The SMILES string of the molecule is Nc1ccc2scnc2c1.O. The molecule has 3 nitrogen and oxygen atoms in total. The summed E-state index contributed by atoms with van der Waals surface area (Å²) >= 11 is 1.63. The first-order chi connectivity index (χ1) is 4.86. The van der Waals surface area contributed by atoms with Gasteiger partial charge in [-0.25, -0.2) is 4.98 Å². The summed E-state index contributed by atoms with van der Waals surface area (Å²) in [7, 11) is 0. The summed E-state index contributed by atoms with van der Waals surface area (Å²) in [5.74, 6) is 0. The van der Waals surface area contributed by atoms with E-state index < -0.39 is 0 Å². The molecular weight excluding hydrogens is 160 g/mol. The highest BCUT2D eigenvalue weighted by Crippen LogP contribution is 2.19. The lowest BCUT2D eigenvalue weighted by Gasteiger charge is -1.89. The van der Waals surface area contributed by atoms with Gasteiger partial charge in [0.1, 0.15) is 0 Å². The van der Waals surface area contributed by atoms with Crippen LogP contribution in [0.25, 0.3) is 10.2 Å². The van der Waals surface area contributed by atoms with Crippen LogP contribution in [0.1, 0.15) is 0 Å². The number of nitrogens with two attached hydrogens (primary N) is 1. The summed E-state index contributed by atoms with van der Waals surface area (Å²) in [5.41, 5.74) is 9.14. The molecule has 0 aliphatic carbocycles. The van der Waals surface area contributed by atoms with Crippen molar-refractivity contribution in [1.29, 1.82) is 0 Å². The van der Waals surface area contributed by atoms with Crippen LogP contribution >= 0.6 is 11.3 Å². The topological polar surface area (TPSA) is 70.4 Å². The first kappa shape index (κ1) is 7.97. The Morgan fingerprint density at radius 3 is 3.00 bits per heavy atom. The third-order valence-corrected chi connectivity index (χ3v) is 2.16. The molecule has 2 aromatic rings. The molecule has 58 valence electrons. The largest absolute Gasteiger partial charge is 0.412 e. The molecule has 0 saturated heterocycles. The van der Waals surface area contributed by atoms with E-state index in [-0.39, 0.29) is 5.48 Å². The van der Waals surface area contributed by atoms with Crippen LogP contribution in [0.3, 0.4) is 0 Å². The smallest absolute Gasteiger partial charge is 0.0832 e. The first-order valence-corrected chi connectivity index (χ1v) is 3.83. The minimum atomic E-state index is 0. The number of thiazole rings is 1. The maximum absolute atomic E-state index is 5.55. The van der Waals surface area contributed by atoms with Crippen molar-refractivity contribution in [3.05, 3.63) is 23.7 Å². The molecule has 4 N–H and O–H groups in total. The molecule has 2 rings (SSSR count). The third kappa shape index (κ3) is 1.31. The van der Waals surface area contributed by atoms with Crippen molar-refractivity contribution in [2.45, 2.75) is 0 Å². The Hall–Kier alpha value is -1.13. The van der Waals surface area contributed by atoms with E-state index in [1.807, 2.05) is 23.7 Å². The van der Waals surface area contributed by atoms with Gasteiger partial charge in [-0.3, -0.25) is 0 Å². The average molecular weight is 168 g/mol. The second-order valence-electron chi connectivity index (χ2n) is 2.08. The van der Waals surface area contributed by atoms with Crippen LogP contribution < -0.4 is 5.73 Å². The van der Waals surface area contributed by atoms with Crippen molar-refractivity contribution in [1.82, 2.24) is 4.98 Å². The fourth-order valence-electron chi connectivity index (χ4n) is 0.875. The van der Waals surface area contributed by atoms with Crippen LogP contribution in [0.15, 0.2) is 23.7 Å². The van der Waals surface area contributed by atoms with E-state index >= 15 is 0 Å². The van der Waals surface area contributed by atoms with Gasteiger partial charge in [0.05, 0.1) is 15.7 Å². The Bertz CT molecular complexity index is 358. The van der Waals surface area contributed by atoms with E-state index in [1.165, 1.54) is 4.70 Å². The van der Waals surface area contributed by atoms with Gasteiger partial charge in [0, 0.05) is 5.69 Å². The zero-order valence-corrected chi connectivity index (χ0v) is 6.56. The van der Waals surface area contributed by atoms with E-state index in [1.54, 1.807) is 11.3 Å². The van der Waals surface area contributed by atoms with E-state index in [9.17, 15) is 0 Å². The van der Waals surface area contributed by atoms with Gasteiger partial charge in [0.15, 0.2) is 0 Å². The van der Waals surface area contributed by atoms with Crippen molar-refractivity contribution >= 4 is 27.2 Å². The lowest BCUT2D eigenvalue weighted by molar-refractivity contribution is 0.824. The van der Waals surface area contributed by atoms with Crippen LogP contribution in [0.5, 0.6) is 0 Å². The van der Waals surface area contributed by atoms with Crippen LogP contribution in [0.4, 0.5) is 5.69 Å². The van der Waals surface area contributed by atoms with E-state index in [4.69, 9.17) is 5.73 Å². The lowest BCUT2D eigenvalue weighted by Crippen LogP contribution is -1.81. The van der Waals surface area contributed by atoms with Gasteiger partial charge < -0.3 is 11.2 Å². The molecule has 1 aromatic heterocycles. The molecule has 11 heavy (non-hydrogen) atoms. The fourth-order valence-corrected chi connectivity index (χ4v) is 1.53. The number of nitrogen functional groups attached to an aromatic ring is 1. The molecule has 0 aliphatic heterocycles. The quantitative estimate of drug-likeness (QED) is 0.597. The molecule has 4 heteroatoms. The molecule has 0 spiro atoms. The Morgan fingerprint density at radius 2 is 2.18 bits per heavy atom. The van der Waals surface area contributed by atoms with Crippen molar-refractivity contribution in [2.75, 3.05) is 5.73 Å². The second kappa shape index (κ2) is 2.86. The highest BCUT2D eigenvalue weighted by atomic mass is 32.1. The Kier molecular flexibility index (Phi) is 2.07. The molecule has 0 aliphatic rings. The fraction of sp³-hybridized carbons (Fsp3) is 0. The maximum Gasteiger partial charge on any atom is 0.0832 e. The zero-order chi connectivity index (χ0) is 6.97. The van der Waals surface area contributed by atoms with E-state index in [0.29, 0.717) is 0 Å². The third-order valence-electron chi connectivity index (χ3n) is 1.35. The summed E-state index contributed by atoms with van der Waals surface area (Å²) in [6.45, 7) is 0. The molecule has 0 amide bonds. The van der Waals surface area contributed by atoms with Crippen molar-refractivity contribution < 1.29 is 5.48 Å². The Balaban J connectivity index is 0.000000605. The van der Waals surface area contributed by atoms with Crippen LogP contribution in [-0.4, -0.2) is 10.5 Å².